The number of ether oxygens (including phenoxy) is 3. The normalized spacial score (nSPS) is 31.9. The monoisotopic (exact) mass is 1010 g/mol. The number of esters is 3. The highest BCUT2D eigenvalue weighted by Gasteiger charge is 2.65. The smallest absolute Gasteiger partial charge is 0.320 e. The van der Waals surface area contributed by atoms with Gasteiger partial charge in [0.25, 0.3) is 0 Å². The number of aliphatic hydroxyl groups is 3. The minimum atomic E-state index is -0.632. The summed E-state index contributed by atoms with van der Waals surface area (Å²) in [7, 11) is 0. The molecule has 5 N–H and O–H groups in total. The van der Waals surface area contributed by atoms with Crippen molar-refractivity contribution in [3.05, 3.63) is 29.8 Å². The molecule has 5 aliphatic rings. The maximum atomic E-state index is 13.5. The topological polar surface area (TPSA) is 190 Å². The third-order valence-electron chi connectivity index (χ3n) is 17.2. The highest BCUT2D eigenvalue weighted by Crippen LogP contribution is 2.68. The first-order valence-electron chi connectivity index (χ1n) is 27.5. The number of fused-ring (bicyclic) bond motifs is 5. The molecule has 0 aromatic heterocycles. The molecular weight excluding hydrogens is 915 g/mol. The quantitative estimate of drug-likeness (QED) is 0.0898. The molecule has 1 aliphatic heterocycles. The number of carbonyl (C=O) groups is 4. The van der Waals surface area contributed by atoms with Crippen LogP contribution in [-0.4, -0.2) is 160 Å². The third kappa shape index (κ3) is 15.7. The van der Waals surface area contributed by atoms with E-state index >= 15 is 0 Å². The lowest BCUT2D eigenvalue weighted by molar-refractivity contribution is -0.207. The van der Waals surface area contributed by atoms with Crippen LogP contribution in [0, 0.1) is 46.3 Å². The van der Waals surface area contributed by atoms with Gasteiger partial charge in [-0.05, 0) is 184 Å². The molecule has 1 saturated heterocycles. The van der Waals surface area contributed by atoms with Crippen LogP contribution in [0.25, 0.3) is 0 Å². The first-order valence-corrected chi connectivity index (χ1v) is 27.5. The molecule has 12 atom stereocenters. The molecule has 0 radical (unpaired) electrons. The number of benzene rings is 1. The number of hydrogen-bond acceptors (Lipinski definition) is 14. The van der Waals surface area contributed by atoms with Gasteiger partial charge in [0.15, 0.2) is 0 Å². The zero-order valence-corrected chi connectivity index (χ0v) is 46.3. The number of hydrogen-bond donors (Lipinski definition) is 5. The number of rotatable bonds is 16. The van der Waals surface area contributed by atoms with Crippen molar-refractivity contribution < 1.29 is 48.7 Å². The molecule has 4 aliphatic carbocycles. The Kier molecular flexibility index (Phi) is 19.2. The van der Waals surface area contributed by atoms with Crippen LogP contribution in [0.5, 0.6) is 0 Å². The fourth-order valence-electron chi connectivity index (χ4n) is 13.8. The molecule has 5 fully saturated rings. The van der Waals surface area contributed by atoms with Crippen LogP contribution in [0.1, 0.15) is 146 Å². The summed E-state index contributed by atoms with van der Waals surface area (Å²) < 4.78 is 17.0. The van der Waals surface area contributed by atoms with E-state index < -0.39 is 29.0 Å². The Morgan fingerprint density at radius 3 is 1.81 bits per heavy atom. The first-order chi connectivity index (χ1) is 33.5. The standard InChI is InChI=1S/C57H95N5O10/c1-37(43-18-19-44-52-45(32-47(65)57(43,44)12)56(11)22-21-42(63)30-39(56)31-46(52)64)13-20-48(66)59-40-16-14-38(15-17-40)29-41(58-33-49(67)70-53(2,3)4)34-60-23-25-61(35-50(68)71-54(5,6)7)27-28-62(26-24-60)36-51(69)72-55(8,9)10/h14-17,37,39,41-47,52,58,63-65H,13,18-36H2,1-12H3,(H,59,66). The molecule has 72 heavy (non-hydrogen) atoms. The molecule has 1 amide bonds. The van der Waals surface area contributed by atoms with E-state index in [-0.39, 0.29) is 102 Å². The van der Waals surface area contributed by atoms with Crippen molar-refractivity contribution in [3.63, 3.8) is 0 Å². The van der Waals surface area contributed by atoms with Gasteiger partial charge in [-0.15, -0.1) is 0 Å². The zero-order valence-electron chi connectivity index (χ0n) is 46.3. The molecule has 4 saturated carbocycles. The minimum absolute atomic E-state index is 0.0200. The van der Waals surface area contributed by atoms with Crippen molar-refractivity contribution in [2.45, 2.75) is 188 Å². The molecule has 1 aromatic rings. The Morgan fingerprint density at radius 1 is 0.708 bits per heavy atom. The van der Waals surface area contributed by atoms with Crippen LogP contribution in [-0.2, 0) is 39.8 Å². The molecule has 0 bridgehead atoms. The Bertz CT molecular complexity index is 1940. The lowest BCUT2D eigenvalue weighted by Gasteiger charge is -2.63. The summed E-state index contributed by atoms with van der Waals surface area (Å²) in [5.74, 6) is 0.401. The van der Waals surface area contributed by atoms with E-state index in [0.717, 1.165) is 44.1 Å². The lowest BCUT2D eigenvalue weighted by Crippen LogP contribution is -2.62. The molecule has 408 valence electrons. The molecule has 15 nitrogen and oxygen atoms in total. The van der Waals surface area contributed by atoms with Crippen molar-refractivity contribution >= 4 is 29.5 Å². The van der Waals surface area contributed by atoms with Crippen molar-refractivity contribution in [3.8, 4) is 0 Å². The van der Waals surface area contributed by atoms with E-state index in [1.54, 1.807) is 0 Å². The highest BCUT2D eigenvalue weighted by atomic mass is 16.6. The van der Waals surface area contributed by atoms with Gasteiger partial charge < -0.3 is 40.2 Å². The Hall–Kier alpha value is -3.18. The molecule has 1 heterocycles. The van der Waals surface area contributed by atoms with Gasteiger partial charge in [-0.2, -0.15) is 0 Å². The van der Waals surface area contributed by atoms with Crippen LogP contribution < -0.4 is 10.6 Å². The van der Waals surface area contributed by atoms with Gasteiger partial charge in [0.1, 0.15) is 16.8 Å². The zero-order chi connectivity index (χ0) is 53.0. The number of carbonyl (C=O) groups excluding carboxylic acids is 4. The van der Waals surface area contributed by atoms with Gasteiger partial charge in [0.2, 0.25) is 5.91 Å². The summed E-state index contributed by atoms with van der Waals surface area (Å²) in [5, 5.41) is 40.9. The van der Waals surface area contributed by atoms with E-state index in [2.05, 4.69) is 46.1 Å². The predicted octanol–water partition coefficient (Wildman–Crippen LogP) is 6.45. The second-order valence-corrected chi connectivity index (χ2v) is 26.2. The van der Waals surface area contributed by atoms with Gasteiger partial charge in [-0.3, -0.25) is 33.9 Å². The average Bonchev–Trinajstić information content (AvgIpc) is 3.65. The van der Waals surface area contributed by atoms with Crippen molar-refractivity contribution in [1.82, 2.24) is 20.0 Å². The summed E-state index contributed by atoms with van der Waals surface area (Å²) in [6, 6.07) is 7.70. The summed E-state index contributed by atoms with van der Waals surface area (Å²) in [6.07, 6.45) is 6.39. The Morgan fingerprint density at radius 2 is 1.25 bits per heavy atom. The van der Waals surface area contributed by atoms with E-state index in [0.29, 0.717) is 77.2 Å². The maximum Gasteiger partial charge on any atom is 0.320 e. The highest BCUT2D eigenvalue weighted by molar-refractivity contribution is 5.90. The second kappa shape index (κ2) is 23.8. The van der Waals surface area contributed by atoms with Crippen LogP contribution in [0.15, 0.2) is 24.3 Å². The summed E-state index contributed by atoms with van der Waals surface area (Å²) in [5.41, 5.74) is -0.412. The van der Waals surface area contributed by atoms with Crippen LogP contribution in [0.4, 0.5) is 5.69 Å². The fourth-order valence-corrected chi connectivity index (χ4v) is 13.8. The number of aliphatic hydroxyl groups excluding tert-OH is 3. The van der Waals surface area contributed by atoms with E-state index in [4.69, 9.17) is 14.2 Å². The molecule has 12 unspecified atom stereocenters. The predicted molar refractivity (Wildman–Crippen MR) is 280 cm³/mol. The molecule has 15 heteroatoms. The van der Waals surface area contributed by atoms with Gasteiger partial charge in [-0.1, -0.05) is 32.9 Å². The van der Waals surface area contributed by atoms with Gasteiger partial charge in [-0.25, -0.2) is 0 Å². The van der Waals surface area contributed by atoms with Crippen molar-refractivity contribution in [1.29, 1.82) is 0 Å². The van der Waals surface area contributed by atoms with Gasteiger partial charge >= 0.3 is 17.9 Å². The van der Waals surface area contributed by atoms with E-state index in [1.807, 2.05) is 86.6 Å². The molecule has 0 spiro atoms. The fraction of sp³-hybridized carbons (Fsp3) is 0.825. The third-order valence-corrected chi connectivity index (χ3v) is 17.2. The first kappa shape index (κ1) is 58.1. The largest absolute Gasteiger partial charge is 0.459 e. The number of nitrogens with one attached hydrogen (secondary N) is 2. The summed E-state index contributed by atoms with van der Waals surface area (Å²) in [4.78, 5) is 59.1. The Balaban J connectivity index is 1.07. The number of anilines is 1. The van der Waals surface area contributed by atoms with E-state index in [9.17, 15) is 34.5 Å². The number of nitrogens with zero attached hydrogens (tertiary/aromatic N) is 3. The van der Waals surface area contributed by atoms with Crippen molar-refractivity contribution in [2.75, 3.05) is 70.8 Å². The minimum Gasteiger partial charge on any atom is -0.459 e. The van der Waals surface area contributed by atoms with Gasteiger partial charge in [0, 0.05) is 64.0 Å². The van der Waals surface area contributed by atoms with Crippen LogP contribution in [0.2, 0.25) is 0 Å². The lowest BCUT2D eigenvalue weighted by atomic mass is 9.43. The van der Waals surface area contributed by atoms with Crippen LogP contribution in [0.3, 0.4) is 0 Å². The average molecular weight is 1010 g/mol. The summed E-state index contributed by atoms with van der Waals surface area (Å²) >= 11 is 0. The van der Waals surface area contributed by atoms with E-state index in [1.165, 1.54) is 0 Å². The van der Waals surface area contributed by atoms with Gasteiger partial charge in [0.05, 0.1) is 37.9 Å². The second-order valence-electron chi connectivity index (χ2n) is 26.2. The maximum absolute atomic E-state index is 13.5. The Labute approximate surface area is 432 Å². The molecule has 6 rings (SSSR count). The number of amides is 1. The molecule has 1 aromatic carbocycles. The summed E-state index contributed by atoms with van der Waals surface area (Å²) in [6.45, 7) is 28.0. The SMILES string of the molecule is CC(CCC(=O)Nc1ccc(CC(CN2CCN(CC(=O)OC(C)(C)C)CCN(CC(=O)OC(C)(C)C)CC2)NCC(=O)OC(C)(C)C)cc1)C1CCC2C3C(O)CC4CC(O)CCC4(C)C3CC(O)C12C. The van der Waals surface area contributed by atoms with Crippen LogP contribution >= 0.6 is 0 Å². The molecular formula is C57H95N5O10. The van der Waals surface area contributed by atoms with Crippen molar-refractivity contribution in [2.24, 2.45) is 46.3 Å².